The van der Waals surface area contributed by atoms with Gasteiger partial charge in [-0.15, -0.1) is 0 Å². The van der Waals surface area contributed by atoms with Gasteiger partial charge in [0.05, 0.1) is 19.0 Å². The van der Waals surface area contributed by atoms with Gasteiger partial charge in [-0.1, -0.05) is 12.1 Å². The Morgan fingerprint density at radius 1 is 1.17 bits per heavy atom. The van der Waals surface area contributed by atoms with Gasteiger partial charge >= 0.3 is 0 Å². The Morgan fingerprint density at radius 3 is 2.61 bits per heavy atom. The molecule has 1 aromatic heterocycles. The van der Waals surface area contributed by atoms with Crippen LogP contribution in [0.25, 0.3) is 11.3 Å². The number of carbonyl (C=O) groups is 1. The molecule has 0 spiro atoms. The molecule has 0 aliphatic heterocycles. The van der Waals surface area contributed by atoms with Crippen molar-refractivity contribution in [3.8, 4) is 17.0 Å². The predicted octanol–water partition coefficient (Wildman–Crippen LogP) is 3.65. The molecule has 1 heterocycles. The van der Waals surface area contributed by atoms with Crippen LogP contribution in [0.4, 0.5) is 5.69 Å². The van der Waals surface area contributed by atoms with Crippen LogP contribution in [0, 0.1) is 6.92 Å². The molecule has 3 aromatic rings. The van der Waals surface area contributed by atoms with E-state index in [-0.39, 0.29) is 5.91 Å². The molecule has 0 bridgehead atoms. The standard InChI is InChI=1S/C18H17N3O2/c1-12-19-11-17(20-12)14-4-3-5-15(10-14)21-18(22)13-6-8-16(23-2)9-7-13/h3-11H,1-2H3,(H,19,20)(H,21,22). The Hall–Kier alpha value is -3.08. The van der Waals surface area contributed by atoms with Gasteiger partial charge < -0.3 is 15.0 Å². The van der Waals surface area contributed by atoms with E-state index < -0.39 is 0 Å². The summed E-state index contributed by atoms with van der Waals surface area (Å²) in [5, 5.41) is 2.90. The highest BCUT2D eigenvalue weighted by atomic mass is 16.5. The molecular weight excluding hydrogens is 290 g/mol. The zero-order valence-electron chi connectivity index (χ0n) is 13.0. The highest BCUT2D eigenvalue weighted by molar-refractivity contribution is 6.04. The Balaban J connectivity index is 1.78. The fourth-order valence-electron chi connectivity index (χ4n) is 2.28. The largest absolute Gasteiger partial charge is 0.497 e. The summed E-state index contributed by atoms with van der Waals surface area (Å²) < 4.78 is 5.09. The van der Waals surface area contributed by atoms with E-state index >= 15 is 0 Å². The number of nitrogens with one attached hydrogen (secondary N) is 2. The number of aromatic amines is 1. The second kappa shape index (κ2) is 6.36. The lowest BCUT2D eigenvalue weighted by Gasteiger charge is -2.07. The van der Waals surface area contributed by atoms with Gasteiger partial charge in [0.25, 0.3) is 5.91 Å². The molecule has 0 aliphatic carbocycles. The van der Waals surface area contributed by atoms with Crippen LogP contribution >= 0.6 is 0 Å². The van der Waals surface area contributed by atoms with E-state index in [1.165, 1.54) is 0 Å². The first-order valence-electron chi connectivity index (χ1n) is 7.23. The summed E-state index contributed by atoms with van der Waals surface area (Å²) in [4.78, 5) is 19.7. The SMILES string of the molecule is COc1ccc(C(=O)Nc2cccc(-c3cnc(C)[nH]3)c2)cc1. The third-order valence-electron chi connectivity index (χ3n) is 3.49. The lowest BCUT2D eigenvalue weighted by Crippen LogP contribution is -2.11. The summed E-state index contributed by atoms with van der Waals surface area (Å²) in [6, 6.07) is 14.6. The van der Waals surface area contributed by atoms with E-state index in [0.717, 1.165) is 28.5 Å². The van der Waals surface area contributed by atoms with E-state index in [1.807, 2.05) is 31.2 Å². The van der Waals surface area contributed by atoms with Crippen molar-refractivity contribution < 1.29 is 9.53 Å². The van der Waals surface area contributed by atoms with Crippen LogP contribution in [0.15, 0.2) is 54.7 Å². The highest BCUT2D eigenvalue weighted by Gasteiger charge is 2.08. The van der Waals surface area contributed by atoms with Crippen molar-refractivity contribution in [3.63, 3.8) is 0 Å². The smallest absolute Gasteiger partial charge is 0.255 e. The molecule has 23 heavy (non-hydrogen) atoms. The first kappa shape index (κ1) is 14.8. The number of hydrogen-bond donors (Lipinski definition) is 2. The molecule has 5 heteroatoms. The molecule has 3 rings (SSSR count). The second-order valence-corrected chi connectivity index (χ2v) is 5.15. The van der Waals surface area contributed by atoms with Crippen LogP contribution < -0.4 is 10.1 Å². The van der Waals surface area contributed by atoms with Gasteiger partial charge in [0.15, 0.2) is 0 Å². The molecule has 116 valence electrons. The molecule has 0 aliphatic rings. The van der Waals surface area contributed by atoms with Crippen molar-refractivity contribution >= 4 is 11.6 Å². The molecule has 0 fully saturated rings. The molecule has 2 N–H and O–H groups in total. The molecule has 0 unspecified atom stereocenters. The minimum Gasteiger partial charge on any atom is -0.497 e. The molecule has 0 atom stereocenters. The molecule has 0 saturated heterocycles. The molecule has 0 saturated carbocycles. The van der Waals surface area contributed by atoms with Gasteiger partial charge in [-0.25, -0.2) is 4.98 Å². The van der Waals surface area contributed by atoms with Crippen LogP contribution in [-0.2, 0) is 0 Å². The number of benzene rings is 2. The Bertz CT molecular complexity index is 822. The van der Waals surface area contributed by atoms with Crippen LogP contribution in [0.2, 0.25) is 0 Å². The summed E-state index contributed by atoms with van der Waals surface area (Å²) >= 11 is 0. The number of aryl methyl sites for hydroxylation is 1. The van der Waals surface area contributed by atoms with Crippen molar-refractivity contribution in [2.24, 2.45) is 0 Å². The average Bonchev–Trinajstić information content (AvgIpc) is 3.02. The van der Waals surface area contributed by atoms with Gasteiger partial charge in [0.2, 0.25) is 0 Å². The zero-order valence-corrected chi connectivity index (χ0v) is 13.0. The number of H-pyrrole nitrogens is 1. The van der Waals surface area contributed by atoms with Crippen molar-refractivity contribution in [2.45, 2.75) is 6.92 Å². The van der Waals surface area contributed by atoms with Crippen molar-refractivity contribution in [1.29, 1.82) is 0 Å². The third-order valence-corrected chi connectivity index (χ3v) is 3.49. The number of methoxy groups -OCH3 is 1. The summed E-state index contributed by atoms with van der Waals surface area (Å²) in [5.41, 5.74) is 3.20. The summed E-state index contributed by atoms with van der Waals surface area (Å²) in [5.74, 6) is 1.41. The topological polar surface area (TPSA) is 67.0 Å². The number of hydrogen-bond acceptors (Lipinski definition) is 3. The van der Waals surface area contributed by atoms with E-state index in [1.54, 1.807) is 37.6 Å². The average molecular weight is 307 g/mol. The van der Waals surface area contributed by atoms with Crippen LogP contribution in [-0.4, -0.2) is 23.0 Å². The maximum atomic E-state index is 12.3. The van der Waals surface area contributed by atoms with Gasteiger partial charge in [-0.3, -0.25) is 4.79 Å². The lowest BCUT2D eigenvalue weighted by molar-refractivity contribution is 0.102. The van der Waals surface area contributed by atoms with E-state index in [2.05, 4.69) is 15.3 Å². The molecule has 1 amide bonds. The number of aromatic nitrogens is 2. The number of rotatable bonds is 4. The minimum atomic E-state index is -0.161. The maximum absolute atomic E-state index is 12.3. The Labute approximate surface area is 134 Å². The minimum absolute atomic E-state index is 0.161. The molecule has 2 aromatic carbocycles. The van der Waals surface area contributed by atoms with Crippen molar-refractivity contribution in [1.82, 2.24) is 9.97 Å². The maximum Gasteiger partial charge on any atom is 0.255 e. The number of ether oxygens (including phenoxy) is 1. The predicted molar refractivity (Wildman–Crippen MR) is 89.7 cm³/mol. The second-order valence-electron chi connectivity index (χ2n) is 5.15. The van der Waals surface area contributed by atoms with E-state index in [0.29, 0.717) is 5.56 Å². The zero-order chi connectivity index (χ0) is 16.2. The number of amides is 1. The van der Waals surface area contributed by atoms with Gasteiger partial charge in [0, 0.05) is 16.8 Å². The molecule has 0 radical (unpaired) electrons. The number of anilines is 1. The molecule has 5 nitrogen and oxygen atoms in total. The fraction of sp³-hybridized carbons (Fsp3) is 0.111. The number of nitrogens with zero attached hydrogens (tertiary/aromatic N) is 1. The Kier molecular flexibility index (Phi) is 4.10. The van der Waals surface area contributed by atoms with E-state index in [9.17, 15) is 4.79 Å². The van der Waals surface area contributed by atoms with Crippen molar-refractivity contribution in [3.05, 3.63) is 66.1 Å². The summed E-state index contributed by atoms with van der Waals surface area (Å²) in [7, 11) is 1.59. The van der Waals surface area contributed by atoms with Gasteiger partial charge in [0.1, 0.15) is 11.6 Å². The summed E-state index contributed by atoms with van der Waals surface area (Å²) in [6.07, 6.45) is 1.78. The van der Waals surface area contributed by atoms with Crippen LogP contribution in [0.3, 0.4) is 0 Å². The summed E-state index contributed by atoms with van der Waals surface area (Å²) in [6.45, 7) is 1.90. The number of carbonyl (C=O) groups excluding carboxylic acids is 1. The quantitative estimate of drug-likeness (QED) is 0.773. The highest BCUT2D eigenvalue weighted by Crippen LogP contribution is 2.21. The van der Waals surface area contributed by atoms with E-state index in [4.69, 9.17) is 4.74 Å². The first-order chi connectivity index (χ1) is 11.2. The van der Waals surface area contributed by atoms with Gasteiger partial charge in [-0.05, 0) is 43.3 Å². The normalized spacial score (nSPS) is 10.3. The van der Waals surface area contributed by atoms with Crippen LogP contribution in [0.5, 0.6) is 5.75 Å². The van der Waals surface area contributed by atoms with Crippen LogP contribution in [0.1, 0.15) is 16.2 Å². The lowest BCUT2D eigenvalue weighted by atomic mass is 10.1. The number of imidazole rings is 1. The Morgan fingerprint density at radius 2 is 1.96 bits per heavy atom. The first-order valence-corrected chi connectivity index (χ1v) is 7.23. The van der Waals surface area contributed by atoms with Gasteiger partial charge in [-0.2, -0.15) is 0 Å². The fourth-order valence-corrected chi connectivity index (χ4v) is 2.28. The van der Waals surface area contributed by atoms with Crippen molar-refractivity contribution in [2.75, 3.05) is 12.4 Å². The monoisotopic (exact) mass is 307 g/mol. The third kappa shape index (κ3) is 3.40. The molecular formula is C18H17N3O2.